The lowest BCUT2D eigenvalue weighted by molar-refractivity contribution is -0.384. The van der Waals surface area contributed by atoms with Crippen molar-refractivity contribution in [1.29, 1.82) is 0 Å². The molecule has 0 bridgehead atoms. The van der Waals surface area contributed by atoms with E-state index in [1.54, 1.807) is 6.92 Å². The van der Waals surface area contributed by atoms with Crippen molar-refractivity contribution in [2.75, 3.05) is 26.4 Å². The predicted molar refractivity (Wildman–Crippen MR) is 114 cm³/mol. The Morgan fingerprint density at radius 2 is 1.39 bits per heavy atom. The summed E-state index contributed by atoms with van der Waals surface area (Å²) in [6, 6.07) is 0. The quantitative estimate of drug-likeness (QED) is 0.115. The minimum Gasteiger partial charge on any atom is -0.462 e. The SMILES string of the molecule is C=C(C)C(=O)OCCCC(CCCCCCC)CC(OCC)(OCC)OCC. The highest BCUT2D eigenvalue weighted by Gasteiger charge is 2.35. The lowest BCUT2D eigenvalue weighted by Gasteiger charge is -2.35. The van der Waals surface area contributed by atoms with Gasteiger partial charge in [0.25, 0.3) is 5.97 Å². The lowest BCUT2D eigenvalue weighted by Crippen LogP contribution is -2.41. The Morgan fingerprint density at radius 1 is 0.857 bits per heavy atom. The predicted octanol–water partition coefficient (Wildman–Crippen LogP) is 6.02. The molecule has 0 aromatic rings. The van der Waals surface area contributed by atoms with E-state index < -0.39 is 5.97 Å². The Balaban J connectivity index is 4.80. The third kappa shape index (κ3) is 12.5. The number of hydrogen-bond donors (Lipinski definition) is 0. The molecule has 5 heteroatoms. The van der Waals surface area contributed by atoms with Crippen molar-refractivity contribution < 1.29 is 23.7 Å². The highest BCUT2D eigenvalue weighted by Crippen LogP contribution is 2.31. The topological polar surface area (TPSA) is 54.0 Å². The summed E-state index contributed by atoms with van der Waals surface area (Å²) in [7, 11) is 0. The molecule has 0 rings (SSSR count). The van der Waals surface area contributed by atoms with Crippen LogP contribution in [0.15, 0.2) is 12.2 Å². The summed E-state index contributed by atoms with van der Waals surface area (Å²) in [6.07, 6.45) is 9.84. The number of carbonyl (C=O) groups excluding carboxylic acids is 1. The lowest BCUT2D eigenvalue weighted by atomic mass is 9.91. The third-order valence-electron chi connectivity index (χ3n) is 4.69. The van der Waals surface area contributed by atoms with Gasteiger partial charge in [0.05, 0.1) is 6.61 Å². The van der Waals surface area contributed by atoms with Crippen molar-refractivity contribution in [2.24, 2.45) is 5.92 Å². The normalized spacial score (nSPS) is 12.8. The molecule has 0 aromatic heterocycles. The molecule has 0 aliphatic heterocycles. The summed E-state index contributed by atoms with van der Waals surface area (Å²) in [5, 5.41) is 0. The van der Waals surface area contributed by atoms with E-state index in [-0.39, 0.29) is 5.97 Å². The molecule has 166 valence electrons. The van der Waals surface area contributed by atoms with Gasteiger partial charge in [0.2, 0.25) is 0 Å². The zero-order chi connectivity index (χ0) is 21.3. The Bertz CT molecular complexity index is 391. The molecule has 0 amide bonds. The second-order valence-corrected chi connectivity index (χ2v) is 7.31. The van der Waals surface area contributed by atoms with E-state index >= 15 is 0 Å². The van der Waals surface area contributed by atoms with Gasteiger partial charge in [-0.15, -0.1) is 0 Å². The Morgan fingerprint density at radius 3 is 1.89 bits per heavy atom. The molecule has 28 heavy (non-hydrogen) atoms. The Hall–Kier alpha value is -0.910. The van der Waals surface area contributed by atoms with Gasteiger partial charge in [-0.25, -0.2) is 4.79 Å². The van der Waals surface area contributed by atoms with Crippen LogP contribution in [0.3, 0.4) is 0 Å². The average Bonchev–Trinajstić information content (AvgIpc) is 2.65. The highest BCUT2D eigenvalue weighted by molar-refractivity contribution is 5.86. The molecule has 0 spiro atoms. The van der Waals surface area contributed by atoms with E-state index in [0.29, 0.717) is 44.3 Å². The molecule has 0 fully saturated rings. The Labute approximate surface area is 173 Å². The highest BCUT2D eigenvalue weighted by atomic mass is 16.9. The van der Waals surface area contributed by atoms with Crippen molar-refractivity contribution >= 4 is 5.97 Å². The fourth-order valence-corrected chi connectivity index (χ4v) is 3.36. The fourth-order valence-electron chi connectivity index (χ4n) is 3.36. The summed E-state index contributed by atoms with van der Waals surface area (Å²) in [5.41, 5.74) is 0.440. The van der Waals surface area contributed by atoms with E-state index in [9.17, 15) is 4.79 Å². The number of carbonyl (C=O) groups is 1. The molecular formula is C23H44O5. The maximum absolute atomic E-state index is 11.6. The molecule has 0 aliphatic rings. The number of hydrogen-bond acceptors (Lipinski definition) is 5. The first-order chi connectivity index (χ1) is 13.4. The first-order valence-electron chi connectivity index (χ1n) is 11.2. The molecule has 5 nitrogen and oxygen atoms in total. The van der Waals surface area contributed by atoms with Crippen LogP contribution in [0, 0.1) is 5.92 Å². The van der Waals surface area contributed by atoms with Gasteiger partial charge in [0.15, 0.2) is 0 Å². The average molecular weight is 401 g/mol. The molecule has 0 aliphatic carbocycles. The van der Waals surface area contributed by atoms with Crippen molar-refractivity contribution in [3.63, 3.8) is 0 Å². The molecule has 0 aromatic carbocycles. The summed E-state index contributed by atoms with van der Waals surface area (Å²) >= 11 is 0. The van der Waals surface area contributed by atoms with Crippen LogP contribution in [0.25, 0.3) is 0 Å². The molecule has 1 unspecified atom stereocenters. The van der Waals surface area contributed by atoms with E-state index in [4.69, 9.17) is 18.9 Å². The fraction of sp³-hybridized carbons (Fsp3) is 0.870. The van der Waals surface area contributed by atoms with Crippen molar-refractivity contribution in [3.8, 4) is 0 Å². The zero-order valence-electron chi connectivity index (χ0n) is 19.0. The molecule has 0 saturated carbocycles. The summed E-state index contributed by atoms with van der Waals surface area (Å²) in [4.78, 5) is 11.6. The van der Waals surface area contributed by atoms with Gasteiger partial charge in [0.1, 0.15) is 0 Å². The Kier molecular flexibility index (Phi) is 16.4. The van der Waals surface area contributed by atoms with Crippen LogP contribution in [0.5, 0.6) is 0 Å². The van der Waals surface area contributed by atoms with Gasteiger partial charge < -0.3 is 18.9 Å². The summed E-state index contributed by atoms with van der Waals surface area (Å²) < 4.78 is 23.0. The molecule has 0 radical (unpaired) electrons. The smallest absolute Gasteiger partial charge is 0.333 e. The van der Waals surface area contributed by atoms with Crippen LogP contribution < -0.4 is 0 Å². The molecular weight excluding hydrogens is 356 g/mol. The van der Waals surface area contributed by atoms with Crippen LogP contribution >= 0.6 is 0 Å². The summed E-state index contributed by atoms with van der Waals surface area (Å²) in [6.45, 7) is 15.4. The molecule has 0 saturated heterocycles. The van der Waals surface area contributed by atoms with Crippen molar-refractivity contribution in [2.45, 2.75) is 98.4 Å². The van der Waals surface area contributed by atoms with Gasteiger partial charge in [-0.1, -0.05) is 52.0 Å². The largest absolute Gasteiger partial charge is 0.462 e. The second kappa shape index (κ2) is 17.0. The maximum Gasteiger partial charge on any atom is 0.333 e. The monoisotopic (exact) mass is 400 g/mol. The van der Waals surface area contributed by atoms with E-state index in [1.807, 2.05) is 20.8 Å². The van der Waals surface area contributed by atoms with Crippen molar-refractivity contribution in [3.05, 3.63) is 12.2 Å². The van der Waals surface area contributed by atoms with Crippen molar-refractivity contribution in [1.82, 2.24) is 0 Å². The number of esters is 1. The van der Waals surface area contributed by atoms with E-state index in [0.717, 1.165) is 19.3 Å². The number of rotatable bonds is 19. The molecule has 0 N–H and O–H groups in total. The number of ether oxygens (including phenoxy) is 4. The third-order valence-corrected chi connectivity index (χ3v) is 4.69. The van der Waals surface area contributed by atoms with Crippen LogP contribution in [0.4, 0.5) is 0 Å². The number of unbranched alkanes of at least 4 members (excludes halogenated alkanes) is 4. The van der Waals surface area contributed by atoms with Crippen LogP contribution in [-0.2, 0) is 23.7 Å². The van der Waals surface area contributed by atoms with Gasteiger partial charge in [0, 0.05) is 31.8 Å². The minimum atomic E-state index is -0.972. The standard InChI is InChI=1S/C23H44O5/c1-7-11-12-13-14-16-21(17-15-18-25-22(24)20(5)6)19-23(26-8-2,27-9-3)28-10-4/h21H,5,7-19H2,1-4,6H3. The van der Waals surface area contributed by atoms with Gasteiger partial charge in [-0.2, -0.15) is 0 Å². The van der Waals surface area contributed by atoms with E-state index in [1.165, 1.54) is 32.1 Å². The molecule has 1 atom stereocenters. The summed E-state index contributed by atoms with van der Waals surface area (Å²) in [5.74, 6) is -0.890. The molecule has 0 heterocycles. The van der Waals surface area contributed by atoms with Crippen LogP contribution in [0.1, 0.15) is 92.4 Å². The van der Waals surface area contributed by atoms with Gasteiger partial charge in [-0.05, 0) is 46.5 Å². The minimum absolute atomic E-state index is 0.316. The second-order valence-electron chi connectivity index (χ2n) is 7.31. The van der Waals surface area contributed by atoms with Gasteiger partial charge >= 0.3 is 5.97 Å². The van der Waals surface area contributed by atoms with E-state index in [2.05, 4.69) is 13.5 Å². The maximum atomic E-state index is 11.6. The van der Waals surface area contributed by atoms with Crippen LogP contribution in [-0.4, -0.2) is 38.4 Å². The first-order valence-corrected chi connectivity index (χ1v) is 11.2. The van der Waals surface area contributed by atoms with Crippen LogP contribution in [0.2, 0.25) is 0 Å². The van der Waals surface area contributed by atoms with Gasteiger partial charge in [-0.3, -0.25) is 0 Å². The zero-order valence-corrected chi connectivity index (χ0v) is 19.0. The first kappa shape index (κ1) is 27.1.